The Labute approximate surface area is 231 Å². The maximum absolute atomic E-state index is 12.7. The molecule has 0 bridgehead atoms. The van der Waals surface area contributed by atoms with E-state index in [0.717, 1.165) is 19.6 Å². The monoisotopic (exact) mass is 552 g/mol. The van der Waals surface area contributed by atoms with Gasteiger partial charge in [-0.15, -0.1) is 0 Å². The molecule has 12 heteroatoms. The Morgan fingerprint density at radius 1 is 1.21 bits per heavy atom. The SMILES string of the molecule is C=CC(=O)Nc1cccc(Oc2nc(Nc3ccc(C(=O)NCCN4CCOCC4)cc3OC)ncc2Cl)c1. The second kappa shape index (κ2) is 13.6. The van der Waals surface area contributed by atoms with Crippen LogP contribution >= 0.6 is 11.6 Å². The highest BCUT2D eigenvalue weighted by Crippen LogP contribution is 2.32. The van der Waals surface area contributed by atoms with Crippen molar-refractivity contribution in [2.24, 2.45) is 0 Å². The van der Waals surface area contributed by atoms with E-state index in [1.165, 1.54) is 19.4 Å². The molecule has 4 rings (SSSR count). The number of halogens is 1. The zero-order valence-corrected chi connectivity index (χ0v) is 22.2. The Balaban J connectivity index is 1.41. The first kappa shape index (κ1) is 27.8. The number of nitrogens with one attached hydrogen (secondary N) is 3. The van der Waals surface area contributed by atoms with E-state index >= 15 is 0 Å². The van der Waals surface area contributed by atoms with Gasteiger partial charge in [-0.25, -0.2) is 4.98 Å². The highest BCUT2D eigenvalue weighted by atomic mass is 35.5. The second-order valence-electron chi connectivity index (χ2n) is 8.42. The standard InChI is InChI=1S/C27H29ClN6O5/c1-3-24(35)31-19-5-4-6-20(16-19)39-26-21(28)17-30-27(33-26)32-22-8-7-18(15-23(22)37-2)25(36)29-9-10-34-11-13-38-14-12-34/h3-8,15-17H,1,9-14H2,2H3,(H,29,36)(H,31,35)(H,30,32,33). The number of rotatable bonds is 11. The fourth-order valence-electron chi connectivity index (χ4n) is 3.74. The quantitative estimate of drug-likeness (QED) is 0.304. The van der Waals surface area contributed by atoms with Gasteiger partial charge in [-0.3, -0.25) is 14.5 Å². The number of hydrogen-bond donors (Lipinski definition) is 3. The predicted octanol–water partition coefficient (Wildman–Crippen LogP) is 3.86. The van der Waals surface area contributed by atoms with E-state index in [0.29, 0.717) is 48.2 Å². The first-order chi connectivity index (χ1) is 18.9. The maximum Gasteiger partial charge on any atom is 0.251 e. The van der Waals surface area contributed by atoms with Gasteiger partial charge >= 0.3 is 0 Å². The van der Waals surface area contributed by atoms with Crippen LogP contribution in [0.3, 0.4) is 0 Å². The summed E-state index contributed by atoms with van der Waals surface area (Å²) >= 11 is 6.26. The van der Waals surface area contributed by atoms with Gasteiger partial charge < -0.3 is 30.2 Å². The Morgan fingerprint density at radius 3 is 2.79 bits per heavy atom. The molecular weight excluding hydrogens is 524 g/mol. The highest BCUT2D eigenvalue weighted by Gasteiger charge is 2.15. The fraction of sp³-hybridized carbons (Fsp3) is 0.259. The van der Waals surface area contributed by atoms with Crippen LogP contribution in [-0.2, 0) is 9.53 Å². The lowest BCUT2D eigenvalue weighted by atomic mass is 10.1. The van der Waals surface area contributed by atoms with Crippen LogP contribution in [-0.4, -0.2) is 73.2 Å². The van der Waals surface area contributed by atoms with E-state index in [9.17, 15) is 9.59 Å². The predicted molar refractivity (Wildman–Crippen MR) is 148 cm³/mol. The van der Waals surface area contributed by atoms with Crippen LogP contribution < -0.4 is 25.4 Å². The number of morpholine rings is 1. The van der Waals surface area contributed by atoms with Crippen molar-refractivity contribution in [2.75, 3.05) is 57.1 Å². The summed E-state index contributed by atoms with van der Waals surface area (Å²) in [5.41, 5.74) is 1.53. The summed E-state index contributed by atoms with van der Waals surface area (Å²) in [5.74, 6) is 0.609. The summed E-state index contributed by atoms with van der Waals surface area (Å²) < 4.78 is 16.7. The smallest absolute Gasteiger partial charge is 0.251 e. The van der Waals surface area contributed by atoms with Gasteiger partial charge in [0.25, 0.3) is 5.91 Å². The molecule has 11 nitrogen and oxygen atoms in total. The summed E-state index contributed by atoms with van der Waals surface area (Å²) in [6.07, 6.45) is 2.57. The molecule has 3 N–H and O–H groups in total. The maximum atomic E-state index is 12.7. The third kappa shape index (κ3) is 7.90. The molecule has 0 atom stereocenters. The molecule has 0 aliphatic carbocycles. The topological polar surface area (TPSA) is 127 Å². The number of carbonyl (C=O) groups is 2. The fourth-order valence-corrected chi connectivity index (χ4v) is 3.87. The van der Waals surface area contributed by atoms with E-state index in [1.807, 2.05) is 0 Å². The molecule has 0 saturated carbocycles. The minimum absolute atomic E-state index is 0.108. The number of hydrogen-bond acceptors (Lipinski definition) is 9. The van der Waals surface area contributed by atoms with Crippen LogP contribution in [0.5, 0.6) is 17.4 Å². The first-order valence-electron chi connectivity index (χ1n) is 12.2. The van der Waals surface area contributed by atoms with Crippen molar-refractivity contribution in [2.45, 2.75) is 0 Å². The lowest BCUT2D eigenvalue weighted by molar-refractivity contribution is -0.111. The number of amides is 2. The number of anilines is 3. The van der Waals surface area contributed by atoms with E-state index in [-0.39, 0.29) is 28.7 Å². The minimum Gasteiger partial charge on any atom is -0.495 e. The zero-order chi connectivity index (χ0) is 27.6. The van der Waals surface area contributed by atoms with Crippen LogP contribution in [0, 0.1) is 0 Å². The molecule has 3 aromatic rings. The number of nitrogens with zero attached hydrogens (tertiary/aromatic N) is 3. The van der Waals surface area contributed by atoms with E-state index in [2.05, 4.69) is 37.4 Å². The molecule has 1 fully saturated rings. The van der Waals surface area contributed by atoms with Gasteiger partial charge in [0.1, 0.15) is 16.5 Å². The number of carbonyl (C=O) groups excluding carboxylic acids is 2. The summed E-state index contributed by atoms with van der Waals surface area (Å²) in [6.45, 7) is 7.89. The molecule has 0 radical (unpaired) electrons. The van der Waals surface area contributed by atoms with E-state index in [4.69, 9.17) is 25.8 Å². The third-order valence-electron chi connectivity index (χ3n) is 5.74. The van der Waals surface area contributed by atoms with Crippen molar-refractivity contribution in [1.29, 1.82) is 0 Å². The lowest BCUT2D eigenvalue weighted by Crippen LogP contribution is -2.41. The Kier molecular flexibility index (Phi) is 9.68. The molecule has 1 aliphatic heterocycles. The summed E-state index contributed by atoms with van der Waals surface area (Å²) in [7, 11) is 1.51. The largest absolute Gasteiger partial charge is 0.495 e. The summed E-state index contributed by atoms with van der Waals surface area (Å²) in [4.78, 5) is 35.1. The van der Waals surface area contributed by atoms with Crippen molar-refractivity contribution < 1.29 is 23.8 Å². The Hall–Kier alpha value is -4.19. The average Bonchev–Trinajstić information content (AvgIpc) is 2.95. The van der Waals surface area contributed by atoms with Crippen molar-refractivity contribution >= 4 is 40.7 Å². The van der Waals surface area contributed by atoms with Gasteiger partial charge in [0.15, 0.2) is 0 Å². The molecular formula is C27H29ClN6O5. The molecule has 1 saturated heterocycles. The van der Waals surface area contributed by atoms with E-state index < -0.39 is 0 Å². The molecule has 2 heterocycles. The highest BCUT2D eigenvalue weighted by molar-refractivity contribution is 6.31. The Bertz CT molecular complexity index is 1330. The molecule has 204 valence electrons. The van der Waals surface area contributed by atoms with Crippen LogP contribution in [0.2, 0.25) is 5.02 Å². The summed E-state index contributed by atoms with van der Waals surface area (Å²) in [5, 5.41) is 8.87. The van der Waals surface area contributed by atoms with Crippen molar-refractivity contribution in [3.8, 4) is 17.4 Å². The molecule has 39 heavy (non-hydrogen) atoms. The second-order valence-corrected chi connectivity index (χ2v) is 8.83. The van der Waals surface area contributed by atoms with Crippen molar-refractivity contribution in [3.63, 3.8) is 0 Å². The third-order valence-corrected chi connectivity index (χ3v) is 6.00. The number of aromatic nitrogens is 2. The minimum atomic E-state index is -0.343. The molecule has 1 aromatic heterocycles. The average molecular weight is 553 g/mol. The van der Waals surface area contributed by atoms with E-state index in [1.54, 1.807) is 42.5 Å². The molecule has 0 spiro atoms. The normalized spacial score (nSPS) is 13.3. The molecule has 1 aliphatic rings. The number of benzene rings is 2. The van der Waals surface area contributed by atoms with Gasteiger partial charge in [0.2, 0.25) is 17.7 Å². The molecule has 2 amide bonds. The first-order valence-corrected chi connectivity index (χ1v) is 12.6. The van der Waals surface area contributed by atoms with Crippen LogP contribution in [0.4, 0.5) is 17.3 Å². The van der Waals surface area contributed by atoms with Gasteiger partial charge in [-0.2, -0.15) is 4.98 Å². The number of ether oxygens (including phenoxy) is 3. The Morgan fingerprint density at radius 2 is 2.03 bits per heavy atom. The van der Waals surface area contributed by atoms with Gasteiger partial charge in [0.05, 0.1) is 32.2 Å². The van der Waals surface area contributed by atoms with Gasteiger partial charge in [-0.1, -0.05) is 24.2 Å². The van der Waals surface area contributed by atoms with Crippen molar-refractivity contribution in [3.05, 3.63) is 71.9 Å². The van der Waals surface area contributed by atoms with Crippen LogP contribution in [0.15, 0.2) is 61.3 Å². The summed E-state index contributed by atoms with van der Waals surface area (Å²) in [6, 6.07) is 11.8. The zero-order valence-electron chi connectivity index (χ0n) is 21.4. The van der Waals surface area contributed by atoms with Gasteiger partial charge in [-0.05, 0) is 36.4 Å². The molecule has 0 unspecified atom stereocenters. The van der Waals surface area contributed by atoms with Crippen LogP contribution in [0.25, 0.3) is 0 Å². The van der Waals surface area contributed by atoms with Crippen molar-refractivity contribution in [1.82, 2.24) is 20.2 Å². The molecule has 2 aromatic carbocycles. The van der Waals surface area contributed by atoms with Gasteiger partial charge in [0, 0.05) is 43.5 Å². The van der Waals surface area contributed by atoms with Crippen LogP contribution in [0.1, 0.15) is 10.4 Å². The lowest BCUT2D eigenvalue weighted by Gasteiger charge is -2.26. The number of methoxy groups -OCH3 is 1.